The van der Waals surface area contributed by atoms with Crippen LogP contribution in [0.5, 0.6) is 0 Å². The lowest BCUT2D eigenvalue weighted by molar-refractivity contribution is -0.720. The van der Waals surface area contributed by atoms with E-state index in [1.165, 1.54) is 104 Å². The van der Waals surface area contributed by atoms with Gasteiger partial charge in [-0.15, -0.1) is 11.3 Å². The highest BCUT2D eigenvalue weighted by atomic mass is 32.1. The van der Waals surface area contributed by atoms with Crippen molar-refractivity contribution >= 4 is 49.1 Å². The Balaban J connectivity index is 1.30. The third kappa shape index (κ3) is 5.58. The SMILES string of the molecule is C=C1CC2C(CCc3ccc4c(oc5cc6c(C)c(C)sc6cc54)c3-c3cc(-c4c(C)cccc4C)c(C(C)(C)C)c[n+]31)c1cc(C)ccc1-c1cc(C)c(C)c[n+]12. The summed E-state index contributed by atoms with van der Waals surface area (Å²) in [6, 6.07) is 28.3. The van der Waals surface area contributed by atoms with Crippen molar-refractivity contribution in [1.29, 1.82) is 0 Å². The number of aryl methyl sites for hydroxylation is 8. The van der Waals surface area contributed by atoms with E-state index < -0.39 is 0 Å². The third-order valence-corrected chi connectivity index (χ3v) is 14.9. The Morgan fingerprint density at radius 3 is 2.26 bits per heavy atom. The van der Waals surface area contributed by atoms with Crippen molar-refractivity contribution in [1.82, 2.24) is 0 Å². The predicted octanol–water partition coefficient (Wildman–Crippen LogP) is 14.0. The highest BCUT2D eigenvalue weighted by molar-refractivity contribution is 7.19. The largest absolute Gasteiger partial charge is 0.455 e. The van der Waals surface area contributed by atoms with Gasteiger partial charge in [-0.05, 0) is 141 Å². The summed E-state index contributed by atoms with van der Waals surface area (Å²) < 4.78 is 13.6. The van der Waals surface area contributed by atoms with Crippen molar-refractivity contribution in [2.45, 2.75) is 106 Å². The van der Waals surface area contributed by atoms with Gasteiger partial charge in [-0.3, -0.25) is 0 Å². The van der Waals surface area contributed by atoms with Crippen LogP contribution in [-0.2, 0) is 11.8 Å². The molecule has 0 N–H and O–H groups in total. The molecule has 0 fully saturated rings. The van der Waals surface area contributed by atoms with Gasteiger partial charge in [0.05, 0.1) is 12.0 Å². The first-order chi connectivity index (χ1) is 27.7. The molecule has 0 amide bonds. The van der Waals surface area contributed by atoms with E-state index in [9.17, 15) is 0 Å². The smallest absolute Gasteiger partial charge is 0.222 e. The molecule has 4 aromatic heterocycles. The lowest BCUT2D eigenvalue weighted by atomic mass is 9.76. The molecule has 0 saturated carbocycles. The van der Waals surface area contributed by atoms with E-state index in [0.29, 0.717) is 5.92 Å². The lowest BCUT2D eigenvalue weighted by Crippen LogP contribution is -2.50. The van der Waals surface area contributed by atoms with E-state index in [1.807, 2.05) is 11.3 Å². The Labute approximate surface area is 347 Å². The van der Waals surface area contributed by atoms with Gasteiger partial charge in [-0.25, -0.2) is 0 Å². The fraction of sp³-hybridized carbons (Fsp3) is 0.296. The van der Waals surface area contributed by atoms with Crippen molar-refractivity contribution in [2.24, 2.45) is 0 Å². The second-order valence-electron chi connectivity index (χ2n) is 18.6. The zero-order chi connectivity index (χ0) is 40.5. The molecular formula is C54H54N2OS+2. The molecule has 6 heterocycles. The first-order valence-corrected chi connectivity index (χ1v) is 21.9. The van der Waals surface area contributed by atoms with Gasteiger partial charge in [-0.1, -0.05) is 68.8 Å². The fourth-order valence-electron chi connectivity index (χ4n) is 10.4. The Bertz CT molecular complexity index is 3050. The summed E-state index contributed by atoms with van der Waals surface area (Å²) in [7, 11) is 0. The molecule has 10 rings (SSSR count). The van der Waals surface area contributed by atoms with Gasteiger partial charge < -0.3 is 4.42 Å². The molecule has 0 spiro atoms. The molecule has 2 unspecified atom stereocenters. The highest BCUT2D eigenvalue weighted by Gasteiger charge is 2.44. The van der Waals surface area contributed by atoms with E-state index in [1.54, 1.807) is 0 Å². The molecule has 0 aliphatic carbocycles. The van der Waals surface area contributed by atoms with Crippen LogP contribution >= 0.6 is 11.3 Å². The van der Waals surface area contributed by atoms with E-state index in [0.717, 1.165) is 41.8 Å². The molecule has 0 saturated heterocycles. The van der Waals surface area contributed by atoms with Crippen LogP contribution in [0, 0.1) is 48.5 Å². The van der Waals surface area contributed by atoms with Crippen molar-refractivity contribution in [2.75, 3.05) is 0 Å². The number of fused-ring (bicyclic) bond motifs is 14. The number of allylic oxidation sites excluding steroid dienone is 1. The van der Waals surface area contributed by atoms with Crippen LogP contribution in [0.3, 0.4) is 0 Å². The van der Waals surface area contributed by atoms with E-state index >= 15 is 0 Å². The number of benzene rings is 4. The van der Waals surface area contributed by atoms with Crippen LogP contribution < -0.4 is 9.13 Å². The van der Waals surface area contributed by atoms with Gasteiger partial charge in [0, 0.05) is 55.1 Å². The van der Waals surface area contributed by atoms with Crippen LogP contribution in [0.1, 0.15) is 101 Å². The number of pyridine rings is 2. The molecule has 0 bridgehead atoms. The van der Waals surface area contributed by atoms with Crippen molar-refractivity contribution in [3.8, 4) is 33.6 Å². The topological polar surface area (TPSA) is 20.9 Å². The fourth-order valence-corrected chi connectivity index (χ4v) is 11.5. The maximum absolute atomic E-state index is 7.18. The molecule has 58 heavy (non-hydrogen) atoms. The van der Waals surface area contributed by atoms with Crippen LogP contribution in [0.4, 0.5) is 0 Å². The van der Waals surface area contributed by atoms with E-state index in [2.05, 4.69) is 164 Å². The Hall–Kier alpha value is -5.32. The molecular weight excluding hydrogens is 725 g/mol. The average Bonchev–Trinajstić information content (AvgIpc) is 3.67. The molecule has 4 aromatic carbocycles. The highest BCUT2D eigenvalue weighted by Crippen LogP contribution is 2.48. The zero-order valence-corrected chi connectivity index (χ0v) is 36.6. The standard InChI is InChI=1S/C54H54N2OS/c1-29-15-18-38-42(21-29)39-19-16-37-17-20-40-43-26-50-41(35(7)36(8)58-50)25-49(43)57-53(40)52(37)48-24-44(51-30(2)13-12-14-31(51)3)45(54(9,10)11)28-55(48)34(6)23-47(39)56-27-33(5)32(4)22-46(38)56/h12-15,17-18,20-22,24-28,39,47H,6,16,19,23H2,1-5,7-11H3/q+2. The number of aromatic nitrogens is 2. The van der Waals surface area contributed by atoms with Crippen LogP contribution in [0.2, 0.25) is 0 Å². The number of rotatable bonds is 1. The number of hydrogen-bond acceptors (Lipinski definition) is 2. The average molecular weight is 779 g/mol. The Kier molecular flexibility index (Phi) is 8.35. The van der Waals surface area contributed by atoms with Gasteiger partial charge >= 0.3 is 0 Å². The number of nitrogens with zero attached hydrogens (tertiary/aromatic N) is 2. The predicted molar refractivity (Wildman–Crippen MR) is 244 cm³/mol. The molecule has 4 heteroatoms. The molecule has 3 nitrogen and oxygen atoms in total. The lowest BCUT2D eigenvalue weighted by Gasteiger charge is -2.32. The maximum Gasteiger partial charge on any atom is 0.222 e. The molecule has 290 valence electrons. The number of thiophene rings is 1. The van der Waals surface area contributed by atoms with Gasteiger partial charge in [0.1, 0.15) is 11.2 Å². The maximum atomic E-state index is 7.18. The van der Waals surface area contributed by atoms with Gasteiger partial charge in [0.2, 0.25) is 11.4 Å². The van der Waals surface area contributed by atoms with Crippen LogP contribution in [-0.4, -0.2) is 0 Å². The molecule has 2 aliphatic rings. The second-order valence-corrected chi connectivity index (χ2v) is 19.8. The third-order valence-electron chi connectivity index (χ3n) is 13.7. The number of furan rings is 1. The van der Waals surface area contributed by atoms with Gasteiger partial charge in [0.15, 0.2) is 24.1 Å². The minimum Gasteiger partial charge on any atom is -0.455 e. The normalized spacial score (nSPS) is 16.6. The summed E-state index contributed by atoms with van der Waals surface area (Å²) in [6.45, 7) is 27.8. The first kappa shape index (κ1) is 37.0. The molecule has 8 aromatic rings. The minimum absolute atomic E-state index is 0.128. The monoisotopic (exact) mass is 778 g/mol. The minimum atomic E-state index is -0.128. The molecule has 2 atom stereocenters. The van der Waals surface area contributed by atoms with Crippen LogP contribution in [0.25, 0.3) is 71.4 Å². The first-order valence-electron chi connectivity index (χ1n) is 21.0. The van der Waals surface area contributed by atoms with Crippen molar-refractivity contribution in [3.05, 3.63) is 147 Å². The van der Waals surface area contributed by atoms with Gasteiger partial charge in [0.25, 0.3) is 0 Å². The summed E-state index contributed by atoms with van der Waals surface area (Å²) in [4.78, 5) is 1.37. The van der Waals surface area contributed by atoms with E-state index in [-0.39, 0.29) is 11.5 Å². The van der Waals surface area contributed by atoms with Gasteiger partial charge in [-0.2, -0.15) is 9.13 Å². The van der Waals surface area contributed by atoms with Crippen LogP contribution in [0.15, 0.2) is 96.2 Å². The quantitative estimate of drug-likeness (QED) is 0.152. The van der Waals surface area contributed by atoms with Crippen molar-refractivity contribution < 1.29 is 13.6 Å². The zero-order valence-electron chi connectivity index (χ0n) is 35.8. The van der Waals surface area contributed by atoms with E-state index in [4.69, 9.17) is 11.0 Å². The van der Waals surface area contributed by atoms with Crippen molar-refractivity contribution in [3.63, 3.8) is 0 Å². The molecule has 0 radical (unpaired) electrons. The summed E-state index contributed by atoms with van der Waals surface area (Å²) in [6.07, 6.45) is 7.63. The molecule has 2 aliphatic heterocycles. The second kappa shape index (κ2) is 13.1. The summed E-state index contributed by atoms with van der Waals surface area (Å²) >= 11 is 1.88. The summed E-state index contributed by atoms with van der Waals surface area (Å²) in [5, 5.41) is 3.65. The Morgan fingerprint density at radius 1 is 0.724 bits per heavy atom. The summed E-state index contributed by atoms with van der Waals surface area (Å²) in [5.41, 5.74) is 22.5. The summed E-state index contributed by atoms with van der Waals surface area (Å²) in [5.74, 6) is 0.307. The Morgan fingerprint density at radius 2 is 1.50 bits per heavy atom. The number of hydrogen-bond donors (Lipinski definition) is 0.